The van der Waals surface area contributed by atoms with Gasteiger partial charge in [-0.05, 0) is 66.8 Å². The third-order valence-corrected chi connectivity index (χ3v) is 5.53. The van der Waals surface area contributed by atoms with E-state index in [-0.39, 0.29) is 24.2 Å². The number of carbonyl (C=O) groups is 2. The predicted octanol–water partition coefficient (Wildman–Crippen LogP) is 3.93. The van der Waals surface area contributed by atoms with E-state index in [0.717, 1.165) is 28.7 Å². The number of hydrogen-bond donors (Lipinski definition) is 1. The molecule has 0 bridgehead atoms. The number of benzene rings is 2. The molecule has 0 saturated carbocycles. The van der Waals surface area contributed by atoms with Crippen LogP contribution in [0.15, 0.2) is 46.9 Å². The fourth-order valence-corrected chi connectivity index (χ4v) is 3.91. The van der Waals surface area contributed by atoms with Crippen LogP contribution in [0.3, 0.4) is 0 Å². The quantitative estimate of drug-likeness (QED) is 0.851. The van der Waals surface area contributed by atoms with Crippen LogP contribution in [0.25, 0.3) is 0 Å². The maximum atomic E-state index is 12.6. The first-order valence-corrected chi connectivity index (χ1v) is 9.38. The van der Waals surface area contributed by atoms with Gasteiger partial charge in [0.05, 0.1) is 5.92 Å². The molecule has 1 aliphatic carbocycles. The number of halogens is 1. The van der Waals surface area contributed by atoms with Gasteiger partial charge in [-0.3, -0.25) is 9.59 Å². The average Bonchev–Trinajstić information content (AvgIpc) is 3.22. The number of aryl methyl sites for hydroxylation is 2. The van der Waals surface area contributed by atoms with Crippen LogP contribution in [0.2, 0.25) is 0 Å². The predicted molar refractivity (Wildman–Crippen MR) is 102 cm³/mol. The van der Waals surface area contributed by atoms with Crippen LogP contribution < -0.4 is 10.2 Å². The number of carbonyl (C=O) groups excluding carboxylic acids is 2. The number of fused-ring (bicyclic) bond motifs is 1. The molecule has 4 rings (SSSR count). The SMILES string of the molecule is O=C(Nc1ccc2c(c1)CCC2)[C@H]1CC(=O)N(c2ccc(Br)cc2)C1. The molecule has 0 spiro atoms. The molecule has 5 heteroatoms. The van der Waals surface area contributed by atoms with E-state index in [0.29, 0.717) is 6.54 Å². The van der Waals surface area contributed by atoms with Crippen LogP contribution >= 0.6 is 15.9 Å². The molecule has 1 atom stereocenters. The molecule has 1 saturated heterocycles. The van der Waals surface area contributed by atoms with E-state index in [4.69, 9.17) is 0 Å². The van der Waals surface area contributed by atoms with E-state index in [9.17, 15) is 9.59 Å². The van der Waals surface area contributed by atoms with Crippen LogP contribution in [0.5, 0.6) is 0 Å². The van der Waals surface area contributed by atoms with E-state index in [2.05, 4.69) is 33.4 Å². The van der Waals surface area contributed by atoms with E-state index < -0.39 is 0 Å². The van der Waals surface area contributed by atoms with Gasteiger partial charge in [-0.2, -0.15) is 0 Å². The molecule has 0 unspecified atom stereocenters. The minimum absolute atomic E-state index is 0.00331. The van der Waals surface area contributed by atoms with Gasteiger partial charge in [-0.15, -0.1) is 0 Å². The highest BCUT2D eigenvalue weighted by Crippen LogP contribution is 2.28. The van der Waals surface area contributed by atoms with E-state index in [1.54, 1.807) is 4.90 Å². The lowest BCUT2D eigenvalue weighted by Crippen LogP contribution is -2.28. The number of anilines is 2. The molecule has 2 amide bonds. The van der Waals surface area contributed by atoms with Crippen molar-refractivity contribution in [3.05, 3.63) is 58.1 Å². The molecule has 128 valence electrons. The summed E-state index contributed by atoms with van der Waals surface area (Å²) in [5.41, 5.74) is 4.38. The fraction of sp³-hybridized carbons (Fsp3) is 0.300. The molecule has 0 aromatic heterocycles. The maximum absolute atomic E-state index is 12.6. The number of amides is 2. The molecule has 25 heavy (non-hydrogen) atoms. The first-order chi connectivity index (χ1) is 12.1. The number of hydrogen-bond acceptors (Lipinski definition) is 2. The van der Waals surface area contributed by atoms with Gasteiger partial charge in [0.1, 0.15) is 0 Å². The van der Waals surface area contributed by atoms with E-state index in [1.807, 2.05) is 30.3 Å². The second kappa shape index (κ2) is 6.64. The number of nitrogens with zero attached hydrogens (tertiary/aromatic N) is 1. The Bertz CT molecular complexity index is 832. The summed E-state index contributed by atoms with van der Waals surface area (Å²) in [5, 5.41) is 2.99. The number of nitrogens with one attached hydrogen (secondary N) is 1. The van der Waals surface area contributed by atoms with Gasteiger partial charge in [-0.1, -0.05) is 22.0 Å². The van der Waals surface area contributed by atoms with Crippen LogP contribution in [0.4, 0.5) is 11.4 Å². The monoisotopic (exact) mass is 398 g/mol. The molecular formula is C20H19BrN2O2. The summed E-state index contributed by atoms with van der Waals surface area (Å²) < 4.78 is 0.966. The van der Waals surface area contributed by atoms with Crippen molar-refractivity contribution in [3.8, 4) is 0 Å². The molecular weight excluding hydrogens is 380 g/mol. The summed E-state index contributed by atoms with van der Waals surface area (Å²) in [5.74, 6) is -0.397. The fourth-order valence-electron chi connectivity index (χ4n) is 3.65. The molecule has 1 heterocycles. The molecule has 2 aromatic rings. The van der Waals surface area contributed by atoms with Crippen molar-refractivity contribution in [3.63, 3.8) is 0 Å². The first-order valence-electron chi connectivity index (χ1n) is 8.59. The Labute approximate surface area is 155 Å². The summed E-state index contributed by atoms with van der Waals surface area (Å²) in [6.45, 7) is 0.428. The van der Waals surface area contributed by atoms with Crippen molar-refractivity contribution in [2.24, 2.45) is 5.92 Å². The third kappa shape index (κ3) is 3.33. The molecule has 1 fully saturated rings. The summed E-state index contributed by atoms with van der Waals surface area (Å²) in [6.07, 6.45) is 3.65. The molecule has 1 aliphatic heterocycles. The molecule has 4 nitrogen and oxygen atoms in total. The van der Waals surface area contributed by atoms with Gasteiger partial charge in [0, 0.05) is 28.8 Å². The van der Waals surface area contributed by atoms with Crippen LogP contribution in [0, 0.1) is 5.92 Å². The first kappa shape index (κ1) is 16.3. The van der Waals surface area contributed by atoms with Gasteiger partial charge >= 0.3 is 0 Å². The van der Waals surface area contributed by atoms with Gasteiger partial charge in [-0.25, -0.2) is 0 Å². The normalized spacial score (nSPS) is 19.2. The van der Waals surface area contributed by atoms with Gasteiger partial charge in [0.15, 0.2) is 0 Å². The van der Waals surface area contributed by atoms with Crippen molar-refractivity contribution in [1.29, 1.82) is 0 Å². The smallest absolute Gasteiger partial charge is 0.229 e. The topological polar surface area (TPSA) is 49.4 Å². The lowest BCUT2D eigenvalue weighted by atomic mass is 10.1. The molecule has 2 aromatic carbocycles. The second-order valence-electron chi connectivity index (χ2n) is 6.71. The second-order valence-corrected chi connectivity index (χ2v) is 7.62. The van der Waals surface area contributed by atoms with Gasteiger partial charge in [0.25, 0.3) is 0 Å². The summed E-state index contributed by atoms with van der Waals surface area (Å²) in [4.78, 5) is 26.6. The van der Waals surface area contributed by atoms with Crippen molar-refractivity contribution in [1.82, 2.24) is 0 Å². The lowest BCUT2D eigenvalue weighted by molar-refractivity contribution is -0.122. The highest BCUT2D eigenvalue weighted by molar-refractivity contribution is 9.10. The summed E-state index contributed by atoms with van der Waals surface area (Å²) >= 11 is 3.39. The zero-order valence-corrected chi connectivity index (χ0v) is 15.4. The zero-order valence-electron chi connectivity index (χ0n) is 13.8. The summed E-state index contributed by atoms with van der Waals surface area (Å²) in [6, 6.07) is 13.7. The summed E-state index contributed by atoms with van der Waals surface area (Å²) in [7, 11) is 0. The Hall–Kier alpha value is -2.14. The largest absolute Gasteiger partial charge is 0.326 e. The van der Waals surface area contributed by atoms with E-state index >= 15 is 0 Å². The molecule has 0 radical (unpaired) electrons. The Balaban J connectivity index is 1.44. The maximum Gasteiger partial charge on any atom is 0.229 e. The van der Waals surface area contributed by atoms with Crippen LogP contribution in [0.1, 0.15) is 24.0 Å². The Kier molecular flexibility index (Phi) is 4.34. The van der Waals surface area contributed by atoms with Crippen molar-refractivity contribution >= 4 is 39.1 Å². The zero-order chi connectivity index (χ0) is 17.4. The van der Waals surface area contributed by atoms with Crippen LogP contribution in [-0.2, 0) is 22.4 Å². The Morgan fingerprint density at radius 1 is 1.08 bits per heavy atom. The van der Waals surface area contributed by atoms with Gasteiger partial charge in [0.2, 0.25) is 11.8 Å². The minimum Gasteiger partial charge on any atom is -0.326 e. The highest BCUT2D eigenvalue weighted by atomic mass is 79.9. The molecule has 1 N–H and O–H groups in total. The van der Waals surface area contributed by atoms with Crippen molar-refractivity contribution in [2.75, 3.05) is 16.8 Å². The van der Waals surface area contributed by atoms with Crippen molar-refractivity contribution < 1.29 is 9.59 Å². The average molecular weight is 399 g/mol. The number of rotatable bonds is 3. The highest BCUT2D eigenvalue weighted by Gasteiger charge is 2.35. The minimum atomic E-state index is -0.315. The van der Waals surface area contributed by atoms with Gasteiger partial charge < -0.3 is 10.2 Å². The standard InChI is InChI=1S/C20H19BrN2O2/c21-16-5-8-18(9-6-16)23-12-15(11-19(23)24)20(25)22-17-7-4-13-2-1-3-14(13)10-17/h4-10,15H,1-3,11-12H2,(H,22,25)/t15-/m0/s1. The van der Waals surface area contributed by atoms with Crippen LogP contribution in [-0.4, -0.2) is 18.4 Å². The van der Waals surface area contributed by atoms with E-state index in [1.165, 1.54) is 17.5 Å². The Morgan fingerprint density at radius 3 is 2.64 bits per heavy atom. The lowest BCUT2D eigenvalue weighted by Gasteiger charge is -2.17. The molecule has 2 aliphatic rings. The Morgan fingerprint density at radius 2 is 1.84 bits per heavy atom. The third-order valence-electron chi connectivity index (χ3n) is 5.00. The van der Waals surface area contributed by atoms with Crippen molar-refractivity contribution in [2.45, 2.75) is 25.7 Å².